The second-order valence-corrected chi connectivity index (χ2v) is 6.52. The predicted octanol–water partition coefficient (Wildman–Crippen LogP) is 1.33. The van der Waals surface area contributed by atoms with Crippen molar-refractivity contribution in [3.8, 4) is 5.75 Å². The number of carbonyl (C=O) groups excluding carboxylic acids is 1. The van der Waals surface area contributed by atoms with Crippen LogP contribution in [-0.2, 0) is 6.42 Å². The maximum absolute atomic E-state index is 12.2. The summed E-state index contributed by atoms with van der Waals surface area (Å²) in [5.41, 5.74) is 0.256. The van der Waals surface area contributed by atoms with Crippen LogP contribution in [0.4, 0.5) is 0 Å². The van der Waals surface area contributed by atoms with Gasteiger partial charge in [-0.3, -0.25) is 14.6 Å². The summed E-state index contributed by atoms with van der Waals surface area (Å²) in [6.45, 7) is 1.62. The molecule has 2 N–H and O–H groups in total. The third-order valence-corrected chi connectivity index (χ3v) is 4.59. The molecular weight excluding hydrogens is 372 g/mol. The van der Waals surface area contributed by atoms with Crippen LogP contribution in [0.15, 0.2) is 43.5 Å². The lowest BCUT2D eigenvalue weighted by Gasteiger charge is -2.02. The average Bonchev–Trinajstić information content (AvgIpc) is 3.10. The molecule has 0 bridgehead atoms. The Bertz CT molecular complexity index is 1070. The summed E-state index contributed by atoms with van der Waals surface area (Å²) in [6, 6.07) is 6.80. The van der Waals surface area contributed by atoms with Gasteiger partial charge in [0.15, 0.2) is 5.78 Å². The lowest BCUT2D eigenvalue weighted by atomic mass is 10.1. The number of hydrogen-bond acceptors (Lipinski definition) is 8. The van der Waals surface area contributed by atoms with E-state index in [1.807, 2.05) is 0 Å². The summed E-state index contributed by atoms with van der Waals surface area (Å²) < 4.78 is 10.5. The molecule has 2 aromatic heterocycles. The van der Waals surface area contributed by atoms with Gasteiger partial charge in [-0.15, -0.1) is 10.2 Å². The summed E-state index contributed by atoms with van der Waals surface area (Å²) in [4.78, 5) is 40.0. The van der Waals surface area contributed by atoms with Crippen molar-refractivity contribution >= 4 is 17.5 Å². The fraction of sp³-hybridized carbons (Fsp3) is 0.235. The molecule has 3 aromatic rings. The standard InChI is InChI=1S/C17H16N4O5S/c1-9-12(15(23)19-16(24)18-9)7-14-20-21-17(26-14)27-8-13(22)10-3-5-11(25-2)6-4-10/h3-6H,7-8H2,1-2H3,(H2,18,19,23,24). The van der Waals surface area contributed by atoms with Crippen molar-refractivity contribution in [1.82, 2.24) is 20.2 Å². The van der Waals surface area contributed by atoms with Crippen molar-refractivity contribution in [2.45, 2.75) is 18.6 Å². The van der Waals surface area contributed by atoms with Crippen molar-refractivity contribution < 1.29 is 13.9 Å². The van der Waals surface area contributed by atoms with E-state index in [9.17, 15) is 14.4 Å². The van der Waals surface area contributed by atoms with Gasteiger partial charge in [0.1, 0.15) is 5.75 Å². The number of benzene rings is 1. The Morgan fingerprint density at radius 2 is 1.93 bits per heavy atom. The van der Waals surface area contributed by atoms with E-state index < -0.39 is 11.2 Å². The zero-order valence-electron chi connectivity index (χ0n) is 14.6. The van der Waals surface area contributed by atoms with E-state index in [1.165, 1.54) is 0 Å². The van der Waals surface area contributed by atoms with Gasteiger partial charge >= 0.3 is 5.69 Å². The van der Waals surface area contributed by atoms with E-state index in [2.05, 4.69) is 20.2 Å². The van der Waals surface area contributed by atoms with Crippen LogP contribution in [0.1, 0.15) is 27.5 Å². The highest BCUT2D eigenvalue weighted by Crippen LogP contribution is 2.20. The summed E-state index contributed by atoms with van der Waals surface area (Å²) in [6.07, 6.45) is 0.0813. The van der Waals surface area contributed by atoms with Gasteiger partial charge in [-0.2, -0.15) is 0 Å². The quantitative estimate of drug-likeness (QED) is 0.458. The van der Waals surface area contributed by atoms with E-state index in [4.69, 9.17) is 9.15 Å². The SMILES string of the molecule is COc1ccc(C(=O)CSc2nnc(Cc3c(C)[nH]c(=O)[nH]c3=O)o2)cc1. The Hall–Kier alpha value is -3.14. The smallest absolute Gasteiger partial charge is 0.325 e. The second-order valence-electron chi connectivity index (χ2n) is 5.59. The van der Waals surface area contributed by atoms with E-state index in [-0.39, 0.29) is 29.1 Å². The molecule has 0 aliphatic rings. The molecular formula is C17H16N4O5S. The maximum Gasteiger partial charge on any atom is 0.325 e. The lowest BCUT2D eigenvalue weighted by molar-refractivity contribution is 0.102. The zero-order chi connectivity index (χ0) is 19.4. The summed E-state index contributed by atoms with van der Waals surface area (Å²) >= 11 is 1.11. The molecule has 0 saturated heterocycles. The van der Waals surface area contributed by atoms with E-state index in [1.54, 1.807) is 38.3 Å². The largest absolute Gasteiger partial charge is 0.497 e. The Labute approximate surface area is 157 Å². The summed E-state index contributed by atoms with van der Waals surface area (Å²) in [5, 5.41) is 7.98. The van der Waals surface area contributed by atoms with Gasteiger partial charge < -0.3 is 14.1 Å². The normalized spacial score (nSPS) is 10.7. The molecule has 27 heavy (non-hydrogen) atoms. The molecule has 0 saturated carbocycles. The van der Waals surface area contributed by atoms with Crippen molar-refractivity contribution in [2.24, 2.45) is 0 Å². The maximum atomic E-state index is 12.2. The Kier molecular flexibility index (Phi) is 5.55. The van der Waals surface area contributed by atoms with Gasteiger partial charge in [0.05, 0.1) is 19.3 Å². The minimum Gasteiger partial charge on any atom is -0.497 e. The number of nitrogens with zero attached hydrogens (tertiary/aromatic N) is 2. The number of hydrogen-bond donors (Lipinski definition) is 2. The highest BCUT2D eigenvalue weighted by molar-refractivity contribution is 7.99. The molecule has 0 spiro atoms. The number of aromatic amines is 2. The van der Waals surface area contributed by atoms with Crippen LogP contribution in [0.3, 0.4) is 0 Å². The molecule has 0 fully saturated rings. The van der Waals surface area contributed by atoms with Gasteiger partial charge in [0.25, 0.3) is 10.8 Å². The van der Waals surface area contributed by atoms with Crippen molar-refractivity contribution in [1.29, 1.82) is 0 Å². The number of aromatic nitrogens is 4. The van der Waals surface area contributed by atoms with E-state index >= 15 is 0 Å². The number of H-pyrrole nitrogens is 2. The molecule has 140 valence electrons. The highest BCUT2D eigenvalue weighted by atomic mass is 32.2. The zero-order valence-corrected chi connectivity index (χ0v) is 15.4. The van der Waals surface area contributed by atoms with Gasteiger partial charge in [-0.25, -0.2) is 4.79 Å². The fourth-order valence-corrected chi connectivity index (χ4v) is 3.02. The number of Topliss-reactive ketones (excluding diaryl/α,β-unsaturated/α-hetero) is 1. The number of thioether (sulfide) groups is 1. The predicted molar refractivity (Wildman–Crippen MR) is 97.6 cm³/mol. The number of nitrogens with one attached hydrogen (secondary N) is 2. The fourth-order valence-electron chi connectivity index (χ4n) is 2.35. The van der Waals surface area contributed by atoms with Gasteiger partial charge in [0.2, 0.25) is 5.89 Å². The third-order valence-electron chi connectivity index (χ3n) is 3.77. The minimum atomic E-state index is -0.569. The van der Waals surface area contributed by atoms with Crippen LogP contribution in [-0.4, -0.2) is 38.8 Å². The highest BCUT2D eigenvalue weighted by Gasteiger charge is 2.14. The van der Waals surface area contributed by atoms with Crippen LogP contribution in [0.25, 0.3) is 0 Å². The molecule has 0 unspecified atom stereocenters. The molecule has 1 aromatic carbocycles. The molecule has 0 atom stereocenters. The first-order chi connectivity index (χ1) is 13.0. The molecule has 2 heterocycles. The lowest BCUT2D eigenvalue weighted by Crippen LogP contribution is -2.27. The van der Waals surface area contributed by atoms with Crippen LogP contribution in [0, 0.1) is 6.92 Å². The molecule has 3 rings (SSSR count). The molecule has 0 amide bonds. The van der Waals surface area contributed by atoms with Crippen LogP contribution < -0.4 is 16.0 Å². The number of ketones is 1. The Balaban J connectivity index is 1.63. The number of ether oxygens (including phenoxy) is 1. The Morgan fingerprint density at radius 1 is 1.19 bits per heavy atom. The van der Waals surface area contributed by atoms with Crippen LogP contribution in [0.2, 0.25) is 0 Å². The monoisotopic (exact) mass is 388 g/mol. The molecule has 9 nitrogen and oxygen atoms in total. The number of methoxy groups -OCH3 is 1. The van der Waals surface area contributed by atoms with Gasteiger partial charge in [0, 0.05) is 16.8 Å². The van der Waals surface area contributed by atoms with Gasteiger partial charge in [-0.1, -0.05) is 11.8 Å². The Morgan fingerprint density at radius 3 is 2.59 bits per heavy atom. The second kappa shape index (κ2) is 8.04. The first-order valence-corrected chi connectivity index (χ1v) is 8.89. The van der Waals surface area contributed by atoms with Crippen molar-refractivity contribution in [3.05, 3.63) is 67.8 Å². The molecule has 0 aliphatic carbocycles. The van der Waals surface area contributed by atoms with Crippen molar-refractivity contribution in [2.75, 3.05) is 12.9 Å². The summed E-state index contributed by atoms with van der Waals surface area (Å²) in [7, 11) is 1.56. The summed E-state index contributed by atoms with van der Waals surface area (Å²) in [5.74, 6) is 0.935. The van der Waals surface area contributed by atoms with E-state index in [0.29, 0.717) is 22.6 Å². The number of rotatable bonds is 7. The minimum absolute atomic E-state index is 0.0813. The molecule has 10 heteroatoms. The first-order valence-electron chi connectivity index (χ1n) is 7.91. The van der Waals surface area contributed by atoms with Crippen molar-refractivity contribution in [3.63, 3.8) is 0 Å². The first kappa shape index (κ1) is 18.6. The topological polar surface area (TPSA) is 131 Å². The van der Waals surface area contributed by atoms with Crippen LogP contribution >= 0.6 is 11.8 Å². The van der Waals surface area contributed by atoms with Gasteiger partial charge in [-0.05, 0) is 31.2 Å². The number of aryl methyl sites for hydroxylation is 1. The molecule has 0 radical (unpaired) electrons. The average molecular weight is 388 g/mol. The number of carbonyl (C=O) groups is 1. The van der Waals surface area contributed by atoms with Crippen LogP contribution in [0.5, 0.6) is 5.75 Å². The third kappa shape index (κ3) is 4.53. The molecule has 0 aliphatic heterocycles. The van der Waals surface area contributed by atoms with E-state index in [0.717, 1.165) is 11.8 Å².